The number of carbonyl (C=O) groups excluding carboxylic acids is 1. The molecule has 7 rings (SSSR count). The average Bonchev–Trinajstić information content (AvgIpc) is 3.20. The van der Waals surface area contributed by atoms with Crippen LogP contribution in [0.4, 0.5) is 0 Å². The molecule has 4 fully saturated rings. The molecule has 5 aliphatic heterocycles. The van der Waals surface area contributed by atoms with Crippen molar-refractivity contribution in [3.63, 3.8) is 0 Å². The number of fused-ring (bicyclic) bond motifs is 6. The van der Waals surface area contributed by atoms with Gasteiger partial charge in [0.1, 0.15) is 0 Å². The Bertz CT molecular complexity index is 944. The van der Waals surface area contributed by atoms with Crippen LogP contribution in [0.15, 0.2) is 29.2 Å². The van der Waals surface area contributed by atoms with Crippen molar-refractivity contribution in [1.82, 2.24) is 19.6 Å². The minimum Gasteiger partial charge on any atom is -0.378 e. The average molecular weight is 411 g/mol. The van der Waals surface area contributed by atoms with Crippen molar-refractivity contribution in [2.75, 3.05) is 45.9 Å². The molecule has 1 atom stereocenters. The second kappa shape index (κ2) is 7.15. The van der Waals surface area contributed by atoms with E-state index in [9.17, 15) is 4.79 Å². The molecule has 2 bridgehead atoms. The number of nitrogens with zero attached hydrogens (tertiary/aromatic N) is 4. The molecular weight excluding hydrogens is 384 g/mol. The second-order valence-electron chi connectivity index (χ2n) is 8.52. The van der Waals surface area contributed by atoms with Crippen molar-refractivity contribution in [2.45, 2.75) is 29.5 Å². The summed E-state index contributed by atoms with van der Waals surface area (Å²) in [6.45, 7) is 6.01. The zero-order chi connectivity index (χ0) is 19.4. The third kappa shape index (κ3) is 2.94. The monoisotopic (exact) mass is 410 g/mol. The van der Waals surface area contributed by atoms with E-state index in [1.165, 1.54) is 42.1 Å². The number of ether oxygens (including phenoxy) is 1. The molecule has 6 nitrogen and oxygen atoms in total. The lowest BCUT2D eigenvalue weighted by Gasteiger charge is -2.45. The topological polar surface area (TPSA) is 50.6 Å². The molecule has 1 aromatic carbocycles. The Morgan fingerprint density at radius 1 is 1.10 bits per heavy atom. The molecule has 0 aliphatic carbocycles. The maximum Gasteiger partial charge on any atom is 0.274 e. The minimum atomic E-state index is 0.0737. The van der Waals surface area contributed by atoms with Gasteiger partial charge in [-0.1, -0.05) is 18.2 Å². The van der Waals surface area contributed by atoms with Crippen LogP contribution in [0.5, 0.6) is 0 Å². The van der Waals surface area contributed by atoms with Gasteiger partial charge in [0.25, 0.3) is 5.91 Å². The van der Waals surface area contributed by atoms with Gasteiger partial charge in [0.15, 0.2) is 5.69 Å². The van der Waals surface area contributed by atoms with Crippen LogP contribution in [0, 0.1) is 5.92 Å². The van der Waals surface area contributed by atoms with Crippen LogP contribution in [-0.2, 0) is 10.5 Å². The van der Waals surface area contributed by atoms with Gasteiger partial charge in [0, 0.05) is 41.4 Å². The Balaban J connectivity index is 1.47. The Hall–Kier alpha value is -1.83. The van der Waals surface area contributed by atoms with E-state index in [1.807, 2.05) is 16.7 Å². The standard InChI is InChI=1S/C22H26N4O2S/c27-22(25-9-11-28-12-10-25)20-17-14-29-19-4-2-1-3-16(19)21(17)26(23-20)18-13-24-7-5-15(18)6-8-24/h1-4,15,18H,5-14H2. The van der Waals surface area contributed by atoms with Crippen molar-refractivity contribution in [3.05, 3.63) is 35.5 Å². The first-order chi connectivity index (χ1) is 14.3. The van der Waals surface area contributed by atoms with Crippen LogP contribution in [-0.4, -0.2) is 71.4 Å². The van der Waals surface area contributed by atoms with Gasteiger partial charge in [-0.15, -0.1) is 11.8 Å². The number of amides is 1. The van der Waals surface area contributed by atoms with Crippen LogP contribution in [0.3, 0.4) is 0 Å². The summed E-state index contributed by atoms with van der Waals surface area (Å²) in [6.07, 6.45) is 2.48. The van der Waals surface area contributed by atoms with Gasteiger partial charge in [-0.2, -0.15) is 5.10 Å². The van der Waals surface area contributed by atoms with Crippen LogP contribution in [0.2, 0.25) is 0 Å². The molecule has 1 amide bonds. The molecule has 1 unspecified atom stereocenters. The van der Waals surface area contributed by atoms with Gasteiger partial charge in [0.2, 0.25) is 0 Å². The Morgan fingerprint density at radius 3 is 2.66 bits per heavy atom. The second-order valence-corrected chi connectivity index (χ2v) is 9.53. The molecule has 1 aromatic heterocycles. The van der Waals surface area contributed by atoms with Crippen LogP contribution in [0.1, 0.15) is 34.9 Å². The van der Waals surface area contributed by atoms with Crippen molar-refractivity contribution in [1.29, 1.82) is 0 Å². The third-order valence-corrected chi connectivity index (χ3v) is 8.06. The minimum absolute atomic E-state index is 0.0737. The maximum atomic E-state index is 13.4. The zero-order valence-electron chi connectivity index (χ0n) is 16.5. The first kappa shape index (κ1) is 18.0. The lowest BCUT2D eigenvalue weighted by Crippen LogP contribution is -2.48. The van der Waals surface area contributed by atoms with Gasteiger partial charge in [-0.25, -0.2) is 0 Å². The summed E-state index contributed by atoms with van der Waals surface area (Å²) < 4.78 is 7.70. The van der Waals surface area contributed by atoms with Gasteiger partial charge >= 0.3 is 0 Å². The highest BCUT2D eigenvalue weighted by molar-refractivity contribution is 7.98. The summed E-state index contributed by atoms with van der Waals surface area (Å²) >= 11 is 1.83. The smallest absolute Gasteiger partial charge is 0.274 e. The largest absolute Gasteiger partial charge is 0.378 e. The number of hydrogen-bond donors (Lipinski definition) is 0. The lowest BCUT2D eigenvalue weighted by molar-refractivity contribution is 0.0293. The maximum absolute atomic E-state index is 13.4. The summed E-state index contributed by atoms with van der Waals surface area (Å²) in [7, 11) is 0. The van der Waals surface area contributed by atoms with E-state index in [4.69, 9.17) is 9.84 Å². The number of hydrogen-bond acceptors (Lipinski definition) is 5. The Kier molecular flexibility index (Phi) is 4.43. The van der Waals surface area contributed by atoms with Crippen LogP contribution < -0.4 is 0 Å². The third-order valence-electron chi connectivity index (χ3n) is 6.96. The van der Waals surface area contributed by atoms with E-state index < -0.39 is 0 Å². The molecule has 4 saturated heterocycles. The fourth-order valence-corrected chi connectivity index (χ4v) is 6.44. The summed E-state index contributed by atoms with van der Waals surface area (Å²) in [5.41, 5.74) is 4.22. The molecule has 0 radical (unpaired) electrons. The highest BCUT2D eigenvalue weighted by atomic mass is 32.2. The molecule has 2 aromatic rings. The van der Waals surface area contributed by atoms with E-state index in [1.54, 1.807) is 0 Å². The normalized spacial score (nSPS) is 28.1. The number of thioether (sulfide) groups is 1. The van der Waals surface area contributed by atoms with Gasteiger partial charge < -0.3 is 14.5 Å². The van der Waals surface area contributed by atoms with Crippen LogP contribution in [0.25, 0.3) is 11.3 Å². The molecule has 7 heteroatoms. The van der Waals surface area contributed by atoms with Crippen molar-refractivity contribution in [2.24, 2.45) is 5.92 Å². The van der Waals surface area contributed by atoms with Crippen molar-refractivity contribution < 1.29 is 9.53 Å². The first-order valence-corrected chi connectivity index (χ1v) is 11.7. The molecule has 0 saturated carbocycles. The lowest BCUT2D eigenvalue weighted by atomic mass is 9.84. The summed E-state index contributed by atoms with van der Waals surface area (Å²) in [5, 5.41) is 5.05. The fourth-order valence-electron chi connectivity index (χ4n) is 5.37. The molecule has 152 valence electrons. The molecule has 29 heavy (non-hydrogen) atoms. The summed E-state index contributed by atoms with van der Waals surface area (Å²) in [4.78, 5) is 19.2. The number of aromatic nitrogens is 2. The van der Waals surface area contributed by atoms with E-state index in [-0.39, 0.29) is 5.91 Å². The molecular formula is C22H26N4O2S. The fraction of sp³-hybridized carbons (Fsp3) is 0.545. The highest BCUT2D eigenvalue weighted by Crippen LogP contribution is 2.46. The van der Waals surface area contributed by atoms with Gasteiger partial charge in [-0.3, -0.25) is 9.48 Å². The van der Waals surface area contributed by atoms with E-state index >= 15 is 0 Å². The number of benzene rings is 1. The SMILES string of the molecule is O=C(c1nn(C2CN3CCC2CC3)c2c1CSc1ccccc1-2)N1CCOCC1. The number of morpholine rings is 1. The van der Waals surface area contributed by atoms with Crippen molar-refractivity contribution in [3.8, 4) is 11.3 Å². The van der Waals surface area contributed by atoms with Gasteiger partial charge in [0.05, 0.1) is 24.9 Å². The number of rotatable bonds is 2. The van der Waals surface area contributed by atoms with Crippen molar-refractivity contribution >= 4 is 17.7 Å². The van der Waals surface area contributed by atoms with Gasteiger partial charge in [-0.05, 0) is 37.9 Å². The predicted molar refractivity (Wildman–Crippen MR) is 112 cm³/mol. The van der Waals surface area contributed by atoms with E-state index in [0.29, 0.717) is 44.0 Å². The Morgan fingerprint density at radius 2 is 1.90 bits per heavy atom. The molecule has 0 N–H and O–H groups in total. The van der Waals surface area contributed by atoms with E-state index in [0.717, 1.165) is 17.9 Å². The molecule has 6 heterocycles. The predicted octanol–water partition coefficient (Wildman–Crippen LogP) is 2.89. The highest BCUT2D eigenvalue weighted by Gasteiger charge is 2.40. The number of piperidine rings is 3. The first-order valence-electron chi connectivity index (χ1n) is 10.7. The zero-order valence-corrected chi connectivity index (χ0v) is 17.4. The number of carbonyl (C=O) groups is 1. The Labute approximate surface area is 175 Å². The van der Waals surface area contributed by atoms with E-state index in [2.05, 4.69) is 33.8 Å². The molecule has 5 aliphatic rings. The summed E-state index contributed by atoms with van der Waals surface area (Å²) in [5.74, 6) is 1.56. The summed E-state index contributed by atoms with van der Waals surface area (Å²) in [6, 6.07) is 8.97. The van der Waals surface area contributed by atoms with Crippen LogP contribution >= 0.6 is 11.8 Å². The molecule has 0 spiro atoms. The quantitative estimate of drug-likeness (QED) is 0.762.